The summed E-state index contributed by atoms with van der Waals surface area (Å²) in [7, 11) is 0. The number of carbonyl (C=O) groups excluding carboxylic acids is 1. The Labute approximate surface area is 121 Å². The second kappa shape index (κ2) is 6.51. The highest BCUT2D eigenvalue weighted by Crippen LogP contribution is 2.19. The highest BCUT2D eigenvalue weighted by molar-refractivity contribution is 5.97. The number of ketones is 1. The molecular weight excluding hydrogens is 244 g/mol. The van der Waals surface area contributed by atoms with Crippen molar-refractivity contribution in [2.75, 3.05) is 0 Å². The molecule has 1 unspecified atom stereocenters. The summed E-state index contributed by atoms with van der Waals surface area (Å²) in [6.07, 6.45) is 1.60. The Balaban J connectivity index is 2.07. The lowest BCUT2D eigenvalue weighted by Crippen LogP contribution is -2.04. The molecule has 0 saturated carbocycles. The van der Waals surface area contributed by atoms with E-state index in [1.165, 1.54) is 11.1 Å². The van der Waals surface area contributed by atoms with Crippen LogP contribution >= 0.6 is 0 Å². The van der Waals surface area contributed by atoms with Gasteiger partial charge in [-0.1, -0.05) is 67.9 Å². The van der Waals surface area contributed by atoms with Crippen molar-refractivity contribution in [3.05, 3.63) is 70.8 Å². The molecule has 1 heteroatoms. The van der Waals surface area contributed by atoms with Crippen LogP contribution in [0, 0.1) is 6.92 Å². The SMILES string of the molecule is CCC(C)c1ccc(C(=O)Cc2ccc(C)cc2)cc1. The Kier molecular flexibility index (Phi) is 4.73. The summed E-state index contributed by atoms with van der Waals surface area (Å²) < 4.78 is 0. The van der Waals surface area contributed by atoms with Gasteiger partial charge in [-0.25, -0.2) is 0 Å². The highest BCUT2D eigenvalue weighted by atomic mass is 16.1. The van der Waals surface area contributed by atoms with Crippen LogP contribution in [0.1, 0.15) is 53.2 Å². The molecule has 1 atom stereocenters. The van der Waals surface area contributed by atoms with E-state index >= 15 is 0 Å². The van der Waals surface area contributed by atoms with E-state index in [4.69, 9.17) is 0 Å². The minimum atomic E-state index is 0.185. The largest absolute Gasteiger partial charge is 0.294 e. The zero-order chi connectivity index (χ0) is 14.5. The van der Waals surface area contributed by atoms with Gasteiger partial charge in [-0.05, 0) is 30.4 Å². The summed E-state index contributed by atoms with van der Waals surface area (Å²) in [6.45, 7) is 6.45. The molecule has 0 N–H and O–H groups in total. The van der Waals surface area contributed by atoms with Crippen LogP contribution in [0.5, 0.6) is 0 Å². The molecule has 2 aromatic carbocycles. The molecule has 0 fully saturated rings. The fourth-order valence-electron chi connectivity index (χ4n) is 2.23. The zero-order valence-corrected chi connectivity index (χ0v) is 12.5. The number of aryl methyl sites for hydroxylation is 1. The van der Waals surface area contributed by atoms with Crippen LogP contribution in [0.3, 0.4) is 0 Å². The lowest BCUT2D eigenvalue weighted by Gasteiger charge is -2.09. The van der Waals surface area contributed by atoms with E-state index in [0.29, 0.717) is 12.3 Å². The molecule has 0 amide bonds. The van der Waals surface area contributed by atoms with Gasteiger partial charge in [-0.3, -0.25) is 4.79 Å². The minimum Gasteiger partial charge on any atom is -0.294 e. The number of rotatable bonds is 5. The summed E-state index contributed by atoms with van der Waals surface area (Å²) in [5.41, 5.74) is 4.41. The van der Waals surface area contributed by atoms with Gasteiger partial charge in [-0.2, -0.15) is 0 Å². The van der Waals surface area contributed by atoms with E-state index in [-0.39, 0.29) is 5.78 Å². The maximum atomic E-state index is 12.2. The van der Waals surface area contributed by atoms with E-state index in [1.54, 1.807) is 0 Å². The molecule has 20 heavy (non-hydrogen) atoms. The van der Waals surface area contributed by atoms with Crippen molar-refractivity contribution in [3.8, 4) is 0 Å². The molecule has 0 aliphatic heterocycles. The van der Waals surface area contributed by atoms with Gasteiger partial charge in [0.15, 0.2) is 5.78 Å². The third-order valence-electron chi connectivity index (χ3n) is 3.90. The molecule has 0 aliphatic rings. The van der Waals surface area contributed by atoms with E-state index in [0.717, 1.165) is 17.5 Å². The third kappa shape index (κ3) is 3.57. The van der Waals surface area contributed by atoms with Crippen molar-refractivity contribution in [3.63, 3.8) is 0 Å². The Morgan fingerprint density at radius 1 is 1.00 bits per heavy atom. The van der Waals surface area contributed by atoms with E-state index < -0.39 is 0 Å². The van der Waals surface area contributed by atoms with Crippen LogP contribution in [0.4, 0.5) is 0 Å². The van der Waals surface area contributed by atoms with Gasteiger partial charge in [0.1, 0.15) is 0 Å². The smallest absolute Gasteiger partial charge is 0.167 e. The van der Waals surface area contributed by atoms with Crippen molar-refractivity contribution in [2.24, 2.45) is 0 Å². The molecule has 2 aromatic rings. The molecule has 0 spiro atoms. The molecule has 0 aliphatic carbocycles. The van der Waals surface area contributed by atoms with Crippen molar-refractivity contribution < 1.29 is 4.79 Å². The van der Waals surface area contributed by atoms with Gasteiger partial charge in [0.2, 0.25) is 0 Å². The summed E-state index contributed by atoms with van der Waals surface area (Å²) in [4.78, 5) is 12.2. The first-order valence-electron chi connectivity index (χ1n) is 7.29. The molecule has 0 aromatic heterocycles. The Morgan fingerprint density at radius 3 is 2.15 bits per heavy atom. The summed E-state index contributed by atoms with van der Waals surface area (Å²) in [5.74, 6) is 0.737. The van der Waals surface area contributed by atoms with Gasteiger partial charge in [0.25, 0.3) is 0 Å². The van der Waals surface area contributed by atoms with E-state index in [1.807, 2.05) is 24.3 Å². The minimum absolute atomic E-state index is 0.185. The molecule has 1 nitrogen and oxygen atoms in total. The fraction of sp³-hybridized carbons (Fsp3) is 0.316. The van der Waals surface area contributed by atoms with Crippen LogP contribution in [0.2, 0.25) is 0 Å². The summed E-state index contributed by atoms with van der Waals surface area (Å²) in [6, 6.07) is 16.2. The molecule has 2 rings (SSSR count). The molecule has 0 saturated heterocycles. The first-order chi connectivity index (χ1) is 9.60. The van der Waals surface area contributed by atoms with E-state index in [9.17, 15) is 4.79 Å². The van der Waals surface area contributed by atoms with Gasteiger partial charge in [-0.15, -0.1) is 0 Å². The molecule has 0 heterocycles. The average Bonchev–Trinajstić information content (AvgIpc) is 2.49. The maximum absolute atomic E-state index is 12.2. The third-order valence-corrected chi connectivity index (χ3v) is 3.90. The van der Waals surface area contributed by atoms with Crippen LogP contribution in [0.25, 0.3) is 0 Å². The molecule has 0 bridgehead atoms. The van der Waals surface area contributed by atoms with Gasteiger partial charge >= 0.3 is 0 Å². The van der Waals surface area contributed by atoms with Gasteiger partial charge in [0.05, 0.1) is 0 Å². The molecular formula is C19H22O. The number of carbonyl (C=O) groups is 1. The second-order valence-corrected chi connectivity index (χ2v) is 5.52. The van der Waals surface area contributed by atoms with Gasteiger partial charge in [0, 0.05) is 12.0 Å². The number of hydrogen-bond donors (Lipinski definition) is 0. The molecule has 104 valence electrons. The highest BCUT2D eigenvalue weighted by Gasteiger charge is 2.08. The Hall–Kier alpha value is -1.89. The fourth-order valence-corrected chi connectivity index (χ4v) is 2.23. The monoisotopic (exact) mass is 266 g/mol. The zero-order valence-electron chi connectivity index (χ0n) is 12.5. The normalized spacial score (nSPS) is 12.2. The number of benzene rings is 2. The predicted octanol–water partition coefficient (Wildman–Crippen LogP) is 4.93. The van der Waals surface area contributed by atoms with Crippen molar-refractivity contribution in [2.45, 2.75) is 39.5 Å². The van der Waals surface area contributed by atoms with Crippen LogP contribution < -0.4 is 0 Å². The van der Waals surface area contributed by atoms with Crippen molar-refractivity contribution in [1.29, 1.82) is 0 Å². The quantitative estimate of drug-likeness (QED) is 0.701. The second-order valence-electron chi connectivity index (χ2n) is 5.52. The van der Waals surface area contributed by atoms with Crippen LogP contribution in [-0.2, 0) is 6.42 Å². The number of Topliss-reactive ketones (excluding diaryl/α,β-unsaturated/α-hetero) is 1. The Morgan fingerprint density at radius 2 is 1.60 bits per heavy atom. The average molecular weight is 266 g/mol. The van der Waals surface area contributed by atoms with Crippen LogP contribution in [-0.4, -0.2) is 5.78 Å². The lowest BCUT2D eigenvalue weighted by atomic mass is 9.95. The van der Waals surface area contributed by atoms with E-state index in [2.05, 4.69) is 45.0 Å². The topological polar surface area (TPSA) is 17.1 Å². The molecule has 0 radical (unpaired) electrons. The lowest BCUT2D eigenvalue weighted by molar-refractivity contribution is 0.0993. The first kappa shape index (κ1) is 14.5. The standard InChI is InChI=1S/C19H22O/c1-4-15(3)17-9-11-18(12-10-17)19(20)13-16-7-5-14(2)6-8-16/h5-12,15H,4,13H2,1-3H3. The Bertz CT molecular complexity index is 564. The van der Waals surface area contributed by atoms with Gasteiger partial charge < -0.3 is 0 Å². The van der Waals surface area contributed by atoms with Crippen LogP contribution in [0.15, 0.2) is 48.5 Å². The van der Waals surface area contributed by atoms with Crippen molar-refractivity contribution in [1.82, 2.24) is 0 Å². The summed E-state index contributed by atoms with van der Waals surface area (Å²) in [5, 5.41) is 0. The summed E-state index contributed by atoms with van der Waals surface area (Å²) >= 11 is 0. The first-order valence-corrected chi connectivity index (χ1v) is 7.29. The maximum Gasteiger partial charge on any atom is 0.167 e. The number of hydrogen-bond acceptors (Lipinski definition) is 1. The predicted molar refractivity (Wildman–Crippen MR) is 84.4 cm³/mol. The van der Waals surface area contributed by atoms with Crippen molar-refractivity contribution >= 4 is 5.78 Å².